The average molecular weight is 459 g/mol. The molecule has 3 rings (SSSR count). The molecule has 0 atom stereocenters. The van der Waals surface area contributed by atoms with Crippen molar-refractivity contribution >= 4 is 29.0 Å². The summed E-state index contributed by atoms with van der Waals surface area (Å²) < 4.78 is 15.7. The second-order valence-electron chi connectivity index (χ2n) is 7.21. The molecule has 0 radical (unpaired) electrons. The third-order valence-corrected chi connectivity index (χ3v) is 5.62. The molecular weight excluding hydrogens is 432 g/mol. The Morgan fingerprint density at radius 2 is 1.50 bits per heavy atom. The zero-order chi connectivity index (χ0) is 23.1. The molecule has 1 aliphatic heterocycles. The zero-order valence-electron chi connectivity index (χ0n) is 18.5. The van der Waals surface area contributed by atoms with Gasteiger partial charge in [-0.05, 0) is 29.3 Å². The fraction of sp³-hybridized carbons (Fsp3) is 0.333. The molecule has 32 heavy (non-hydrogen) atoms. The smallest absolute Gasteiger partial charge is 0.278 e. The van der Waals surface area contributed by atoms with E-state index in [4.69, 9.17) is 25.8 Å². The van der Waals surface area contributed by atoms with E-state index in [0.29, 0.717) is 59.5 Å². The highest BCUT2D eigenvalue weighted by Crippen LogP contribution is 2.34. The molecule has 0 aliphatic carbocycles. The lowest BCUT2D eigenvalue weighted by Gasteiger charge is -2.25. The number of benzene rings is 2. The first-order valence-electron chi connectivity index (χ1n) is 10.2. The van der Waals surface area contributed by atoms with E-state index in [2.05, 4.69) is 0 Å². The van der Waals surface area contributed by atoms with Gasteiger partial charge in [-0.25, -0.2) is 0 Å². The van der Waals surface area contributed by atoms with Crippen LogP contribution in [0, 0.1) is 0 Å². The first-order valence-corrected chi connectivity index (χ1v) is 10.6. The summed E-state index contributed by atoms with van der Waals surface area (Å²) >= 11 is 6.30. The molecule has 1 heterocycles. The molecule has 8 heteroatoms. The first kappa shape index (κ1) is 23.8. The molecular formula is C24H27ClN2O5. The minimum Gasteiger partial charge on any atom is -0.497 e. The Kier molecular flexibility index (Phi) is 8.27. The molecule has 0 N–H and O–H groups in total. The van der Waals surface area contributed by atoms with Crippen LogP contribution in [0.1, 0.15) is 11.1 Å². The van der Waals surface area contributed by atoms with E-state index in [0.717, 1.165) is 0 Å². The third-order valence-electron chi connectivity index (χ3n) is 5.26. The predicted octanol–water partition coefficient (Wildman–Crippen LogP) is 3.22. The van der Waals surface area contributed by atoms with E-state index in [-0.39, 0.29) is 18.4 Å². The topological polar surface area (TPSA) is 68.3 Å². The van der Waals surface area contributed by atoms with Gasteiger partial charge in [0.25, 0.3) is 11.8 Å². The highest BCUT2D eigenvalue weighted by molar-refractivity contribution is 6.35. The van der Waals surface area contributed by atoms with Crippen LogP contribution < -0.4 is 4.74 Å². The van der Waals surface area contributed by atoms with E-state index in [1.165, 1.54) is 4.90 Å². The van der Waals surface area contributed by atoms with Crippen molar-refractivity contribution in [2.75, 3.05) is 47.6 Å². The van der Waals surface area contributed by atoms with E-state index < -0.39 is 0 Å². The van der Waals surface area contributed by atoms with Gasteiger partial charge in [-0.3, -0.25) is 14.5 Å². The summed E-state index contributed by atoms with van der Waals surface area (Å²) in [5.74, 6) is -0.0703. The van der Waals surface area contributed by atoms with Crippen LogP contribution >= 0.6 is 11.6 Å². The van der Waals surface area contributed by atoms with Crippen molar-refractivity contribution in [3.8, 4) is 5.75 Å². The number of ether oxygens (including phenoxy) is 3. The van der Waals surface area contributed by atoms with Gasteiger partial charge in [-0.15, -0.1) is 0 Å². The molecule has 0 saturated heterocycles. The van der Waals surface area contributed by atoms with Gasteiger partial charge in [-0.1, -0.05) is 41.9 Å². The number of imide groups is 1. The molecule has 1 aliphatic rings. The lowest BCUT2D eigenvalue weighted by Crippen LogP contribution is -2.37. The van der Waals surface area contributed by atoms with Gasteiger partial charge in [0.1, 0.15) is 11.4 Å². The average Bonchev–Trinajstić information content (AvgIpc) is 3.05. The lowest BCUT2D eigenvalue weighted by molar-refractivity contribution is -0.138. The monoisotopic (exact) mass is 458 g/mol. The van der Waals surface area contributed by atoms with Crippen molar-refractivity contribution in [2.24, 2.45) is 0 Å². The van der Waals surface area contributed by atoms with Crippen LogP contribution in [0.3, 0.4) is 0 Å². The van der Waals surface area contributed by atoms with Crippen molar-refractivity contribution in [3.05, 3.63) is 70.4 Å². The summed E-state index contributed by atoms with van der Waals surface area (Å²) in [7, 11) is 4.77. The van der Waals surface area contributed by atoms with Crippen molar-refractivity contribution in [1.82, 2.24) is 9.80 Å². The summed E-state index contributed by atoms with van der Waals surface area (Å²) in [5, 5.41) is 0.503. The number of carbonyl (C=O) groups is 2. The van der Waals surface area contributed by atoms with E-state index >= 15 is 0 Å². The van der Waals surface area contributed by atoms with Crippen molar-refractivity contribution in [3.63, 3.8) is 0 Å². The molecule has 0 aromatic heterocycles. The van der Waals surface area contributed by atoms with E-state index in [1.807, 2.05) is 23.1 Å². The van der Waals surface area contributed by atoms with Crippen molar-refractivity contribution in [1.29, 1.82) is 0 Å². The number of rotatable bonds is 11. The second-order valence-corrected chi connectivity index (χ2v) is 7.62. The minimum atomic E-state index is -0.368. The SMILES string of the molecule is COCCN(CCOC)C1=C(c2ccc(OC)cc2)C(=O)N(Cc2ccccc2Cl)C1=O. The molecule has 2 aromatic carbocycles. The number of amides is 2. The largest absolute Gasteiger partial charge is 0.497 e. The maximum Gasteiger partial charge on any atom is 0.278 e. The lowest BCUT2D eigenvalue weighted by atomic mass is 10.0. The molecule has 0 fully saturated rings. The van der Waals surface area contributed by atoms with Crippen LogP contribution in [0.25, 0.3) is 5.57 Å². The van der Waals surface area contributed by atoms with Gasteiger partial charge >= 0.3 is 0 Å². The van der Waals surface area contributed by atoms with Crippen LogP contribution in [-0.4, -0.2) is 69.2 Å². The second kappa shape index (κ2) is 11.1. The minimum absolute atomic E-state index is 0.0862. The van der Waals surface area contributed by atoms with Crippen molar-refractivity contribution < 1.29 is 23.8 Å². The number of hydrogen-bond donors (Lipinski definition) is 0. The van der Waals surface area contributed by atoms with Crippen LogP contribution in [0.4, 0.5) is 0 Å². The number of methoxy groups -OCH3 is 3. The fourth-order valence-electron chi connectivity index (χ4n) is 3.55. The maximum absolute atomic E-state index is 13.6. The molecule has 0 spiro atoms. The Hall–Kier alpha value is -2.87. The Labute approximate surface area is 193 Å². The number of carbonyl (C=O) groups excluding carboxylic acids is 2. The predicted molar refractivity (Wildman–Crippen MR) is 122 cm³/mol. The Morgan fingerprint density at radius 3 is 2.06 bits per heavy atom. The summed E-state index contributed by atoms with van der Waals surface area (Å²) in [6.07, 6.45) is 0. The Bertz CT molecular complexity index is 982. The molecule has 170 valence electrons. The number of halogens is 1. The van der Waals surface area contributed by atoms with Gasteiger partial charge in [0, 0.05) is 32.3 Å². The van der Waals surface area contributed by atoms with Crippen LogP contribution in [0.15, 0.2) is 54.2 Å². The maximum atomic E-state index is 13.6. The van der Waals surface area contributed by atoms with Crippen LogP contribution in [-0.2, 0) is 25.6 Å². The standard InChI is InChI=1S/C24H27ClN2O5/c1-30-14-12-26(13-15-31-2)22-21(17-8-10-19(32-3)11-9-17)23(28)27(24(22)29)16-18-6-4-5-7-20(18)25/h4-11H,12-16H2,1-3H3. The highest BCUT2D eigenvalue weighted by atomic mass is 35.5. The summed E-state index contributed by atoms with van der Waals surface area (Å²) in [6.45, 7) is 1.76. The van der Waals surface area contributed by atoms with Gasteiger partial charge in [0.2, 0.25) is 0 Å². The normalized spacial score (nSPS) is 13.8. The van der Waals surface area contributed by atoms with Gasteiger partial charge in [0.15, 0.2) is 0 Å². The fourth-order valence-corrected chi connectivity index (χ4v) is 3.75. The Morgan fingerprint density at radius 1 is 0.875 bits per heavy atom. The number of nitrogens with zero attached hydrogens (tertiary/aromatic N) is 2. The van der Waals surface area contributed by atoms with Gasteiger partial charge in [0.05, 0.1) is 32.4 Å². The van der Waals surface area contributed by atoms with Crippen LogP contribution in [0.5, 0.6) is 5.75 Å². The molecule has 2 aromatic rings. The van der Waals surface area contributed by atoms with E-state index in [9.17, 15) is 9.59 Å². The van der Waals surface area contributed by atoms with Crippen molar-refractivity contribution in [2.45, 2.75) is 6.54 Å². The zero-order valence-corrected chi connectivity index (χ0v) is 19.2. The number of hydrogen-bond acceptors (Lipinski definition) is 6. The van der Waals surface area contributed by atoms with Crippen LogP contribution in [0.2, 0.25) is 5.02 Å². The molecule has 0 unspecified atom stereocenters. The molecule has 2 amide bonds. The Balaban J connectivity index is 2.05. The van der Waals surface area contributed by atoms with Gasteiger partial charge in [-0.2, -0.15) is 0 Å². The molecule has 7 nitrogen and oxygen atoms in total. The summed E-state index contributed by atoms with van der Waals surface area (Å²) in [5.41, 5.74) is 2.02. The van der Waals surface area contributed by atoms with E-state index in [1.54, 1.807) is 51.7 Å². The highest BCUT2D eigenvalue weighted by Gasteiger charge is 2.41. The molecule has 0 bridgehead atoms. The quantitative estimate of drug-likeness (QED) is 0.482. The summed E-state index contributed by atoms with van der Waals surface area (Å²) in [4.78, 5) is 30.2. The third kappa shape index (κ3) is 5.12. The first-order chi connectivity index (χ1) is 15.5. The molecule has 0 saturated carbocycles. The summed E-state index contributed by atoms with van der Waals surface area (Å²) in [6, 6.07) is 14.3. The van der Waals surface area contributed by atoms with Gasteiger partial charge < -0.3 is 19.1 Å².